The second-order valence-corrected chi connectivity index (χ2v) is 7.90. The topological polar surface area (TPSA) is 62.7 Å². The van der Waals surface area contributed by atoms with Crippen molar-refractivity contribution in [1.82, 2.24) is 9.88 Å². The lowest BCUT2D eigenvalue weighted by molar-refractivity contribution is -0.192. The standard InChI is InChI=1S/C18H24N2OS.C2HF3O2/c1-14-5-3-4-6-18(14)21-17-8-11-20(12-9-17)10-7-16-13-22-15(2)19-16;3-2(4,5)1(6)7/h3-6,13,17H,7-12H2,1-2H3;(H,6,7). The highest BCUT2D eigenvalue weighted by Gasteiger charge is 2.38. The number of piperidine rings is 1. The molecule has 1 N–H and O–H groups in total. The van der Waals surface area contributed by atoms with Gasteiger partial charge in [-0.25, -0.2) is 9.78 Å². The van der Waals surface area contributed by atoms with Crippen LogP contribution in [0, 0.1) is 13.8 Å². The minimum Gasteiger partial charge on any atom is -0.490 e. The SMILES string of the molecule is Cc1nc(CCN2CCC(Oc3ccccc3C)CC2)cs1.O=C(O)C(F)(F)F. The predicted molar refractivity (Wildman–Crippen MR) is 106 cm³/mol. The number of carboxylic acid groups (broad SMARTS) is 1. The summed E-state index contributed by atoms with van der Waals surface area (Å²) in [4.78, 5) is 16.0. The largest absolute Gasteiger partial charge is 0.490 e. The first kappa shape index (κ1) is 23.2. The van der Waals surface area contributed by atoms with Crippen LogP contribution in [-0.2, 0) is 11.2 Å². The molecule has 160 valence electrons. The third-order valence-corrected chi connectivity index (χ3v) is 5.34. The summed E-state index contributed by atoms with van der Waals surface area (Å²) < 4.78 is 37.9. The number of para-hydroxylation sites is 1. The van der Waals surface area contributed by atoms with Crippen molar-refractivity contribution in [3.63, 3.8) is 0 Å². The second-order valence-electron chi connectivity index (χ2n) is 6.84. The van der Waals surface area contributed by atoms with E-state index in [2.05, 4.69) is 47.3 Å². The zero-order chi connectivity index (χ0) is 21.4. The molecule has 0 aliphatic carbocycles. The van der Waals surface area contributed by atoms with Crippen molar-refractivity contribution >= 4 is 17.3 Å². The highest BCUT2D eigenvalue weighted by molar-refractivity contribution is 7.09. The summed E-state index contributed by atoms with van der Waals surface area (Å²) in [5.74, 6) is -1.72. The minimum atomic E-state index is -5.08. The van der Waals surface area contributed by atoms with E-state index in [1.165, 1.54) is 16.3 Å². The summed E-state index contributed by atoms with van der Waals surface area (Å²) in [5, 5.41) is 10.5. The molecule has 2 aromatic rings. The Balaban J connectivity index is 0.000000370. The minimum absolute atomic E-state index is 0.360. The zero-order valence-corrected chi connectivity index (χ0v) is 17.2. The Labute approximate surface area is 172 Å². The Bertz CT molecular complexity index is 787. The van der Waals surface area contributed by atoms with E-state index in [1.54, 1.807) is 11.3 Å². The van der Waals surface area contributed by atoms with Gasteiger partial charge in [-0.3, -0.25) is 0 Å². The van der Waals surface area contributed by atoms with Gasteiger partial charge >= 0.3 is 12.1 Å². The molecule has 5 nitrogen and oxygen atoms in total. The molecule has 1 fully saturated rings. The van der Waals surface area contributed by atoms with Gasteiger partial charge in [0.05, 0.1) is 10.7 Å². The van der Waals surface area contributed by atoms with Crippen molar-refractivity contribution in [3.8, 4) is 5.75 Å². The van der Waals surface area contributed by atoms with Crippen LogP contribution >= 0.6 is 11.3 Å². The van der Waals surface area contributed by atoms with Gasteiger partial charge in [-0.1, -0.05) is 18.2 Å². The smallest absolute Gasteiger partial charge is 0.490 e. The number of hydrogen-bond acceptors (Lipinski definition) is 5. The quantitative estimate of drug-likeness (QED) is 0.758. The van der Waals surface area contributed by atoms with E-state index < -0.39 is 12.1 Å². The Kier molecular flexibility index (Phi) is 8.45. The van der Waals surface area contributed by atoms with Gasteiger partial charge in [0, 0.05) is 31.4 Å². The number of hydrogen-bond donors (Lipinski definition) is 1. The average molecular weight is 430 g/mol. The van der Waals surface area contributed by atoms with Gasteiger partial charge in [-0.05, 0) is 38.3 Å². The molecular weight excluding hydrogens is 405 g/mol. The molecule has 9 heteroatoms. The van der Waals surface area contributed by atoms with Gasteiger partial charge in [0.15, 0.2) is 0 Å². The Morgan fingerprint density at radius 1 is 1.28 bits per heavy atom. The number of likely N-dealkylation sites (tertiary alicyclic amines) is 1. The fourth-order valence-electron chi connectivity index (χ4n) is 2.91. The van der Waals surface area contributed by atoms with Crippen LogP contribution in [0.2, 0.25) is 0 Å². The number of alkyl halides is 3. The fraction of sp³-hybridized carbons (Fsp3) is 0.500. The maximum Gasteiger partial charge on any atom is 0.490 e. The fourth-order valence-corrected chi connectivity index (χ4v) is 3.56. The number of nitrogens with zero attached hydrogens (tertiary/aromatic N) is 2. The first-order valence-corrected chi connectivity index (χ1v) is 10.2. The third-order valence-electron chi connectivity index (χ3n) is 4.52. The number of ether oxygens (including phenoxy) is 1. The highest BCUT2D eigenvalue weighted by atomic mass is 32.1. The van der Waals surface area contributed by atoms with Gasteiger partial charge in [0.25, 0.3) is 0 Å². The van der Waals surface area contributed by atoms with Crippen molar-refractivity contribution in [2.24, 2.45) is 0 Å². The number of aromatic nitrogens is 1. The lowest BCUT2D eigenvalue weighted by atomic mass is 10.1. The molecule has 1 saturated heterocycles. The van der Waals surface area contributed by atoms with Crippen LogP contribution in [0.5, 0.6) is 5.75 Å². The van der Waals surface area contributed by atoms with Gasteiger partial charge < -0.3 is 14.7 Å². The molecule has 1 aromatic carbocycles. The molecule has 29 heavy (non-hydrogen) atoms. The van der Waals surface area contributed by atoms with Crippen LogP contribution in [0.15, 0.2) is 29.6 Å². The number of rotatable bonds is 5. The molecule has 1 aliphatic heterocycles. The third kappa shape index (κ3) is 8.02. The van der Waals surface area contributed by atoms with Crippen LogP contribution in [0.25, 0.3) is 0 Å². The van der Waals surface area contributed by atoms with Crippen LogP contribution in [-0.4, -0.2) is 52.9 Å². The van der Waals surface area contributed by atoms with Crippen LogP contribution in [0.4, 0.5) is 13.2 Å². The number of aliphatic carboxylic acids is 1. The summed E-state index contributed by atoms with van der Waals surface area (Å²) in [7, 11) is 0. The lowest BCUT2D eigenvalue weighted by Gasteiger charge is -2.32. The molecule has 0 unspecified atom stereocenters. The number of thiazole rings is 1. The highest BCUT2D eigenvalue weighted by Crippen LogP contribution is 2.22. The number of halogens is 3. The van der Waals surface area contributed by atoms with E-state index in [1.807, 2.05) is 6.07 Å². The molecule has 1 aromatic heterocycles. The van der Waals surface area contributed by atoms with E-state index in [9.17, 15) is 13.2 Å². The van der Waals surface area contributed by atoms with Crippen molar-refractivity contribution in [2.75, 3.05) is 19.6 Å². The summed E-state index contributed by atoms with van der Waals surface area (Å²) >= 11 is 1.74. The summed E-state index contributed by atoms with van der Waals surface area (Å²) in [6.07, 6.45) is -1.43. The maximum atomic E-state index is 10.6. The number of carboxylic acids is 1. The van der Waals surface area contributed by atoms with E-state index in [0.717, 1.165) is 44.6 Å². The molecular formula is C20H25F3N2O3S. The van der Waals surface area contributed by atoms with Crippen LogP contribution in [0.1, 0.15) is 29.1 Å². The van der Waals surface area contributed by atoms with Crippen molar-refractivity contribution < 1.29 is 27.8 Å². The Hall–Kier alpha value is -2.13. The van der Waals surface area contributed by atoms with Crippen molar-refractivity contribution in [2.45, 2.75) is 45.4 Å². The first-order valence-electron chi connectivity index (χ1n) is 9.31. The van der Waals surface area contributed by atoms with E-state index in [4.69, 9.17) is 14.6 Å². The van der Waals surface area contributed by atoms with E-state index in [-0.39, 0.29) is 0 Å². The molecule has 0 radical (unpaired) electrons. The zero-order valence-electron chi connectivity index (χ0n) is 16.4. The lowest BCUT2D eigenvalue weighted by Crippen LogP contribution is -2.39. The summed E-state index contributed by atoms with van der Waals surface area (Å²) in [6, 6.07) is 8.30. The van der Waals surface area contributed by atoms with E-state index >= 15 is 0 Å². The number of benzene rings is 1. The van der Waals surface area contributed by atoms with Crippen molar-refractivity contribution in [1.29, 1.82) is 0 Å². The average Bonchev–Trinajstić information content (AvgIpc) is 3.08. The van der Waals surface area contributed by atoms with Gasteiger partial charge in [-0.2, -0.15) is 13.2 Å². The molecule has 0 bridgehead atoms. The number of aryl methyl sites for hydroxylation is 2. The maximum absolute atomic E-state index is 10.6. The summed E-state index contributed by atoms with van der Waals surface area (Å²) in [6.45, 7) is 7.54. The Morgan fingerprint density at radius 2 is 1.90 bits per heavy atom. The van der Waals surface area contributed by atoms with Crippen LogP contribution in [0.3, 0.4) is 0 Å². The van der Waals surface area contributed by atoms with Gasteiger partial charge in [0.1, 0.15) is 11.9 Å². The molecule has 1 aliphatic rings. The van der Waals surface area contributed by atoms with Gasteiger partial charge in [0.2, 0.25) is 0 Å². The summed E-state index contributed by atoms with van der Waals surface area (Å²) in [5.41, 5.74) is 2.46. The molecule has 0 amide bonds. The molecule has 0 atom stereocenters. The van der Waals surface area contributed by atoms with E-state index in [0.29, 0.717) is 6.10 Å². The number of carbonyl (C=O) groups is 1. The molecule has 2 heterocycles. The molecule has 3 rings (SSSR count). The molecule has 0 spiro atoms. The van der Waals surface area contributed by atoms with Crippen LogP contribution < -0.4 is 4.74 Å². The predicted octanol–water partition coefficient (Wildman–Crippen LogP) is 4.48. The van der Waals surface area contributed by atoms with Gasteiger partial charge in [-0.15, -0.1) is 11.3 Å². The molecule has 0 saturated carbocycles. The normalized spacial score (nSPS) is 15.5. The second kappa shape index (κ2) is 10.6. The monoisotopic (exact) mass is 430 g/mol. The van der Waals surface area contributed by atoms with Crippen molar-refractivity contribution in [3.05, 3.63) is 45.9 Å². The first-order chi connectivity index (χ1) is 13.6. The Morgan fingerprint density at radius 3 is 2.41 bits per heavy atom.